The first-order chi connectivity index (χ1) is 12.6. The number of hydrogen-bond acceptors (Lipinski definition) is 5. The number of rotatable bonds is 9. The second-order valence-corrected chi connectivity index (χ2v) is 6.25. The molecule has 1 aromatic rings. The lowest BCUT2D eigenvalue weighted by molar-refractivity contribution is -0.360. The summed E-state index contributed by atoms with van der Waals surface area (Å²) in [6.07, 6.45) is 4.66. The van der Waals surface area contributed by atoms with E-state index in [1.54, 1.807) is 24.4 Å². The molecule has 2 rings (SSSR count). The van der Waals surface area contributed by atoms with E-state index in [2.05, 4.69) is 15.7 Å². The molecule has 142 valence electrons. The zero-order valence-corrected chi connectivity index (χ0v) is 14.9. The number of hydrazine groups is 1. The van der Waals surface area contributed by atoms with E-state index in [4.69, 9.17) is 0 Å². The Hall–Kier alpha value is -2.52. The minimum Gasteiger partial charge on any atom is -0.286 e. The highest BCUT2D eigenvalue weighted by atomic mass is 16.5. The summed E-state index contributed by atoms with van der Waals surface area (Å²) in [6.45, 7) is 2.40. The van der Waals surface area contributed by atoms with E-state index >= 15 is 0 Å². The SMILES string of the molecule is CCCC[C@H](CN(O)C=O)C(=O)N1NCC[C@H]1C(=O)Nc1cccc[nH+]1. The number of nitrogens with one attached hydrogen (secondary N) is 3. The Kier molecular flexibility index (Phi) is 7.49. The van der Waals surface area contributed by atoms with E-state index in [0.717, 1.165) is 12.8 Å². The lowest BCUT2D eigenvalue weighted by Gasteiger charge is -2.27. The van der Waals surface area contributed by atoms with Crippen LogP contribution < -0.4 is 15.7 Å². The number of hydrogen-bond donors (Lipinski definition) is 3. The van der Waals surface area contributed by atoms with Crippen LogP contribution in [-0.4, -0.2) is 52.6 Å². The largest absolute Gasteiger partial charge is 0.331 e. The Morgan fingerprint density at radius 2 is 2.35 bits per heavy atom. The van der Waals surface area contributed by atoms with E-state index in [1.165, 1.54) is 5.01 Å². The summed E-state index contributed by atoms with van der Waals surface area (Å²) < 4.78 is 0. The summed E-state index contributed by atoms with van der Waals surface area (Å²) in [6, 6.07) is 4.67. The van der Waals surface area contributed by atoms with Crippen molar-refractivity contribution < 1.29 is 24.6 Å². The molecule has 1 aliphatic heterocycles. The molecule has 0 aromatic carbocycles. The second kappa shape index (κ2) is 9.83. The van der Waals surface area contributed by atoms with Crippen molar-refractivity contribution in [3.8, 4) is 0 Å². The highest BCUT2D eigenvalue weighted by molar-refractivity contribution is 5.96. The second-order valence-electron chi connectivity index (χ2n) is 6.25. The molecule has 0 radical (unpaired) electrons. The maximum absolute atomic E-state index is 12.9. The molecule has 0 aliphatic carbocycles. The van der Waals surface area contributed by atoms with Crippen molar-refractivity contribution in [1.82, 2.24) is 15.5 Å². The zero-order chi connectivity index (χ0) is 18.9. The molecular weight excluding hydrogens is 338 g/mol. The van der Waals surface area contributed by atoms with Gasteiger partial charge in [0.15, 0.2) is 6.04 Å². The van der Waals surface area contributed by atoms with Gasteiger partial charge in [-0.3, -0.25) is 19.8 Å². The summed E-state index contributed by atoms with van der Waals surface area (Å²) in [4.78, 5) is 39.1. The van der Waals surface area contributed by atoms with Crippen LogP contribution in [0.5, 0.6) is 0 Å². The van der Waals surface area contributed by atoms with Gasteiger partial charge < -0.3 is 0 Å². The number of aromatic amines is 1. The molecule has 2 atom stereocenters. The van der Waals surface area contributed by atoms with Crippen LogP contribution in [0.25, 0.3) is 0 Å². The average molecular weight is 364 g/mol. The monoisotopic (exact) mass is 364 g/mol. The normalized spacial score (nSPS) is 17.6. The number of H-pyrrole nitrogens is 1. The zero-order valence-electron chi connectivity index (χ0n) is 14.9. The van der Waals surface area contributed by atoms with Crippen LogP contribution in [0.3, 0.4) is 0 Å². The van der Waals surface area contributed by atoms with Gasteiger partial charge in [0.1, 0.15) is 0 Å². The van der Waals surface area contributed by atoms with Crippen LogP contribution in [0.15, 0.2) is 24.4 Å². The molecule has 1 aromatic heterocycles. The molecule has 1 fully saturated rings. The Balaban J connectivity index is 2.06. The Labute approximate surface area is 152 Å². The predicted molar refractivity (Wildman–Crippen MR) is 92.5 cm³/mol. The van der Waals surface area contributed by atoms with E-state index < -0.39 is 12.0 Å². The van der Waals surface area contributed by atoms with Crippen LogP contribution in [0.4, 0.5) is 5.82 Å². The molecular formula is C17H26N5O4+. The third-order valence-electron chi connectivity index (χ3n) is 4.30. The third-order valence-corrected chi connectivity index (χ3v) is 4.30. The van der Waals surface area contributed by atoms with Crippen LogP contribution >= 0.6 is 0 Å². The highest BCUT2D eigenvalue weighted by Gasteiger charge is 2.39. The molecule has 1 aliphatic rings. The Bertz CT molecular complexity index is 612. The molecule has 0 spiro atoms. The van der Waals surface area contributed by atoms with Crippen molar-refractivity contribution in [3.05, 3.63) is 24.4 Å². The predicted octanol–water partition coefficient (Wildman–Crippen LogP) is 0.199. The van der Waals surface area contributed by atoms with Gasteiger partial charge in [0.2, 0.25) is 12.3 Å². The number of aromatic nitrogens is 1. The molecule has 0 saturated carbocycles. The Morgan fingerprint density at radius 1 is 1.54 bits per heavy atom. The molecule has 0 bridgehead atoms. The van der Waals surface area contributed by atoms with Gasteiger partial charge in [-0.2, -0.15) is 0 Å². The van der Waals surface area contributed by atoms with Crippen molar-refractivity contribution in [2.45, 2.75) is 38.6 Å². The minimum atomic E-state index is -0.649. The first kappa shape index (κ1) is 19.8. The molecule has 1 saturated heterocycles. The summed E-state index contributed by atoms with van der Waals surface area (Å²) in [5.74, 6) is -0.624. The van der Waals surface area contributed by atoms with Gasteiger partial charge in [-0.05, 0) is 18.9 Å². The van der Waals surface area contributed by atoms with Crippen LogP contribution in [0, 0.1) is 5.92 Å². The highest BCUT2D eigenvalue weighted by Crippen LogP contribution is 2.19. The summed E-state index contributed by atoms with van der Waals surface area (Å²) in [5.41, 5.74) is 2.95. The molecule has 9 heteroatoms. The van der Waals surface area contributed by atoms with Gasteiger partial charge >= 0.3 is 5.91 Å². The molecule has 0 unspecified atom stereocenters. The standard InChI is InChI=1S/C17H25N5O4/c1-2-3-6-13(11-21(26)12-23)17(25)22-14(8-10-19-22)16(24)20-15-7-4-5-9-18-15/h4-5,7,9,12-14,19,26H,2-3,6,8,10-11H2,1H3,(H,18,20,24)/p+1/t13-,14+/m1/s1. The van der Waals surface area contributed by atoms with E-state index in [-0.39, 0.29) is 24.8 Å². The van der Waals surface area contributed by atoms with Crippen molar-refractivity contribution in [2.24, 2.45) is 5.92 Å². The van der Waals surface area contributed by atoms with Gasteiger partial charge in [0, 0.05) is 12.6 Å². The lowest BCUT2D eigenvalue weighted by atomic mass is 10.00. The fourth-order valence-electron chi connectivity index (χ4n) is 2.94. The average Bonchev–Trinajstić information content (AvgIpc) is 3.15. The maximum Gasteiger partial charge on any atom is 0.331 e. The number of hydroxylamine groups is 2. The van der Waals surface area contributed by atoms with E-state index in [0.29, 0.717) is 30.3 Å². The summed E-state index contributed by atoms with van der Waals surface area (Å²) in [5, 5.41) is 14.0. The van der Waals surface area contributed by atoms with Gasteiger partial charge in [-0.15, -0.1) is 0 Å². The van der Waals surface area contributed by atoms with Gasteiger partial charge in [-0.25, -0.2) is 25.6 Å². The van der Waals surface area contributed by atoms with Crippen LogP contribution in [0.1, 0.15) is 32.6 Å². The number of amides is 3. The fraction of sp³-hybridized carbons (Fsp3) is 0.529. The van der Waals surface area contributed by atoms with Crippen molar-refractivity contribution >= 4 is 24.0 Å². The van der Waals surface area contributed by atoms with Crippen LogP contribution in [0.2, 0.25) is 0 Å². The quantitative estimate of drug-likeness (QED) is 0.329. The lowest BCUT2D eigenvalue weighted by Crippen LogP contribution is -2.51. The Morgan fingerprint density at radius 3 is 3.00 bits per heavy atom. The first-order valence-corrected chi connectivity index (χ1v) is 8.81. The molecule has 4 N–H and O–H groups in total. The van der Waals surface area contributed by atoms with Gasteiger partial charge in [0.05, 0.1) is 18.7 Å². The third kappa shape index (κ3) is 5.24. The smallest absolute Gasteiger partial charge is 0.286 e. The molecule has 3 amide bonds. The number of carbonyl (C=O) groups excluding carboxylic acids is 3. The number of carbonyl (C=O) groups is 3. The van der Waals surface area contributed by atoms with Crippen molar-refractivity contribution in [3.63, 3.8) is 0 Å². The number of unbranched alkanes of at least 4 members (excludes halogenated alkanes) is 1. The molecule has 26 heavy (non-hydrogen) atoms. The number of pyridine rings is 1. The summed E-state index contributed by atoms with van der Waals surface area (Å²) >= 11 is 0. The maximum atomic E-state index is 12.9. The summed E-state index contributed by atoms with van der Waals surface area (Å²) in [7, 11) is 0. The van der Waals surface area contributed by atoms with Crippen molar-refractivity contribution in [1.29, 1.82) is 0 Å². The molecule has 9 nitrogen and oxygen atoms in total. The van der Waals surface area contributed by atoms with E-state index in [9.17, 15) is 19.6 Å². The van der Waals surface area contributed by atoms with Crippen molar-refractivity contribution in [2.75, 3.05) is 18.4 Å². The van der Waals surface area contributed by atoms with Crippen LogP contribution in [-0.2, 0) is 14.4 Å². The number of anilines is 1. The molecule has 2 heterocycles. The van der Waals surface area contributed by atoms with Gasteiger partial charge in [0.25, 0.3) is 5.82 Å². The number of nitrogens with zero attached hydrogens (tertiary/aromatic N) is 2. The topological polar surface area (TPSA) is 116 Å². The minimum absolute atomic E-state index is 0.0959. The fourth-order valence-corrected chi connectivity index (χ4v) is 2.94. The first-order valence-electron chi connectivity index (χ1n) is 8.81. The van der Waals surface area contributed by atoms with Gasteiger partial charge in [-0.1, -0.05) is 25.8 Å². The van der Waals surface area contributed by atoms with E-state index in [1.807, 2.05) is 6.92 Å².